The van der Waals surface area contributed by atoms with E-state index in [0.29, 0.717) is 6.54 Å². The molecule has 0 spiro atoms. The molecule has 0 radical (unpaired) electrons. The van der Waals surface area contributed by atoms with Crippen LogP contribution in [0.3, 0.4) is 0 Å². The number of allylic oxidation sites excluding steroid dienone is 3. The van der Waals surface area contributed by atoms with Gasteiger partial charge in [-0.2, -0.15) is 0 Å². The zero-order valence-corrected chi connectivity index (χ0v) is 9.24. The molecule has 1 aromatic carbocycles. The summed E-state index contributed by atoms with van der Waals surface area (Å²) in [6.07, 6.45) is 8.89. The van der Waals surface area contributed by atoms with E-state index in [2.05, 4.69) is 17.1 Å². The van der Waals surface area contributed by atoms with Crippen LogP contribution in [0.2, 0.25) is 0 Å². The van der Waals surface area contributed by atoms with Crippen molar-refractivity contribution in [3.8, 4) is 0 Å². The number of hydrogen-bond acceptors (Lipinski definition) is 3. The van der Waals surface area contributed by atoms with E-state index in [1.165, 1.54) is 17.7 Å². The highest BCUT2D eigenvalue weighted by Crippen LogP contribution is 2.12. The molecule has 0 fully saturated rings. The fraction of sp³-hybridized carbons (Fsp3) is 0.154. The first kappa shape index (κ1) is 11.3. The number of aliphatic imine (C=N–C) groups is 1. The molecule has 0 amide bonds. The molecule has 0 saturated carbocycles. The minimum absolute atomic E-state index is 0.102. The quantitative estimate of drug-likeness (QED) is 0.452. The van der Waals surface area contributed by atoms with Gasteiger partial charge in [-0.3, -0.25) is 15.1 Å². The molecule has 0 aromatic heterocycles. The number of benzene rings is 1. The van der Waals surface area contributed by atoms with Crippen molar-refractivity contribution in [1.29, 1.82) is 0 Å². The van der Waals surface area contributed by atoms with Gasteiger partial charge in [0.1, 0.15) is 0 Å². The average molecular weight is 228 g/mol. The van der Waals surface area contributed by atoms with Crippen LogP contribution in [-0.4, -0.2) is 17.7 Å². The van der Waals surface area contributed by atoms with Crippen LogP contribution < -0.4 is 0 Å². The van der Waals surface area contributed by atoms with E-state index in [0.717, 1.165) is 12.0 Å². The highest BCUT2D eigenvalue weighted by Gasteiger charge is 2.02. The molecule has 0 bridgehead atoms. The summed E-state index contributed by atoms with van der Waals surface area (Å²) in [5.74, 6) is 0. The van der Waals surface area contributed by atoms with Crippen LogP contribution in [0.15, 0.2) is 53.1 Å². The van der Waals surface area contributed by atoms with Crippen LogP contribution in [0.1, 0.15) is 12.0 Å². The Morgan fingerprint density at radius 1 is 1.35 bits per heavy atom. The number of non-ortho nitro benzene ring substituents is 1. The van der Waals surface area contributed by atoms with E-state index in [9.17, 15) is 10.1 Å². The summed E-state index contributed by atoms with van der Waals surface area (Å²) in [5, 5.41) is 10.5. The van der Waals surface area contributed by atoms with Crippen molar-refractivity contribution >= 4 is 11.9 Å². The second kappa shape index (κ2) is 5.21. The third-order valence-corrected chi connectivity index (χ3v) is 2.49. The normalized spacial score (nSPS) is 14.2. The lowest BCUT2D eigenvalue weighted by molar-refractivity contribution is -0.384. The van der Waals surface area contributed by atoms with Gasteiger partial charge in [-0.15, -0.1) is 0 Å². The van der Waals surface area contributed by atoms with Crippen molar-refractivity contribution in [1.82, 2.24) is 0 Å². The first-order chi connectivity index (χ1) is 8.25. The maximum Gasteiger partial charge on any atom is 0.269 e. The van der Waals surface area contributed by atoms with Crippen molar-refractivity contribution in [3.63, 3.8) is 0 Å². The number of nitro benzene ring substituents is 1. The Labute approximate surface area is 99.1 Å². The zero-order valence-electron chi connectivity index (χ0n) is 9.24. The molecule has 86 valence electrons. The van der Waals surface area contributed by atoms with E-state index in [1.54, 1.807) is 18.3 Å². The van der Waals surface area contributed by atoms with Gasteiger partial charge in [0.25, 0.3) is 5.69 Å². The SMILES string of the molecule is O=[N+]([O-])c1ccc(C=NCC2=CC=CC2)cc1. The Balaban J connectivity index is 1.94. The second-order valence-corrected chi connectivity index (χ2v) is 3.78. The predicted molar refractivity (Wildman–Crippen MR) is 67.4 cm³/mol. The van der Waals surface area contributed by atoms with Crippen LogP contribution >= 0.6 is 0 Å². The highest BCUT2D eigenvalue weighted by molar-refractivity contribution is 5.80. The number of nitrogens with zero attached hydrogens (tertiary/aromatic N) is 2. The molecular weight excluding hydrogens is 216 g/mol. The third-order valence-electron chi connectivity index (χ3n) is 2.49. The molecule has 0 atom stereocenters. The van der Waals surface area contributed by atoms with Crippen LogP contribution in [0.25, 0.3) is 0 Å². The molecule has 2 rings (SSSR count). The standard InChI is InChI=1S/C13H12N2O2/c16-15(17)13-7-5-12(6-8-13)10-14-9-11-3-1-2-4-11/h1-3,5-8,10H,4,9H2. The van der Waals surface area contributed by atoms with E-state index in [4.69, 9.17) is 0 Å². The maximum absolute atomic E-state index is 10.5. The van der Waals surface area contributed by atoms with Crippen molar-refractivity contribution < 1.29 is 4.92 Å². The zero-order chi connectivity index (χ0) is 12.1. The molecule has 17 heavy (non-hydrogen) atoms. The summed E-state index contributed by atoms with van der Waals surface area (Å²) < 4.78 is 0. The average Bonchev–Trinajstić information content (AvgIpc) is 2.83. The Hall–Kier alpha value is -2.23. The summed E-state index contributed by atoms with van der Waals surface area (Å²) in [6.45, 7) is 0.685. The fourth-order valence-corrected chi connectivity index (χ4v) is 1.56. The van der Waals surface area contributed by atoms with Gasteiger partial charge in [0, 0.05) is 18.3 Å². The Morgan fingerprint density at radius 2 is 2.12 bits per heavy atom. The number of nitro groups is 1. The Bertz CT molecular complexity index is 499. The van der Waals surface area contributed by atoms with Gasteiger partial charge in [0.2, 0.25) is 0 Å². The Morgan fingerprint density at radius 3 is 2.71 bits per heavy atom. The molecule has 4 nitrogen and oxygen atoms in total. The van der Waals surface area contributed by atoms with Gasteiger partial charge in [0.15, 0.2) is 0 Å². The van der Waals surface area contributed by atoms with Crippen molar-refractivity contribution in [3.05, 3.63) is 63.7 Å². The highest BCUT2D eigenvalue weighted by atomic mass is 16.6. The smallest absolute Gasteiger partial charge is 0.269 e. The lowest BCUT2D eigenvalue weighted by atomic mass is 10.2. The number of rotatable bonds is 4. The molecule has 1 aliphatic carbocycles. The van der Waals surface area contributed by atoms with Crippen LogP contribution in [-0.2, 0) is 0 Å². The summed E-state index contributed by atoms with van der Waals surface area (Å²) in [5.41, 5.74) is 2.26. The maximum atomic E-state index is 10.5. The minimum Gasteiger partial charge on any atom is -0.288 e. The van der Waals surface area contributed by atoms with Crippen LogP contribution in [0, 0.1) is 10.1 Å². The molecule has 0 unspecified atom stereocenters. The van der Waals surface area contributed by atoms with Gasteiger partial charge in [-0.1, -0.05) is 18.2 Å². The molecule has 1 aromatic rings. The monoisotopic (exact) mass is 228 g/mol. The lowest BCUT2D eigenvalue weighted by Crippen LogP contribution is -1.90. The van der Waals surface area contributed by atoms with Gasteiger partial charge in [0.05, 0.1) is 11.5 Å². The largest absolute Gasteiger partial charge is 0.288 e. The summed E-state index contributed by atoms with van der Waals surface area (Å²) >= 11 is 0. The van der Waals surface area contributed by atoms with Gasteiger partial charge < -0.3 is 0 Å². The number of hydrogen-bond donors (Lipinski definition) is 0. The molecule has 0 N–H and O–H groups in total. The Kier molecular flexibility index (Phi) is 3.45. The molecule has 1 aliphatic rings. The summed E-state index contributed by atoms with van der Waals surface area (Å²) in [6, 6.07) is 6.36. The fourth-order valence-electron chi connectivity index (χ4n) is 1.56. The van der Waals surface area contributed by atoms with E-state index >= 15 is 0 Å². The summed E-state index contributed by atoms with van der Waals surface area (Å²) in [4.78, 5) is 14.3. The van der Waals surface area contributed by atoms with E-state index in [-0.39, 0.29) is 5.69 Å². The molecule has 0 heterocycles. The third kappa shape index (κ3) is 3.11. The van der Waals surface area contributed by atoms with E-state index in [1.807, 2.05) is 6.08 Å². The van der Waals surface area contributed by atoms with E-state index < -0.39 is 4.92 Å². The molecular formula is C13H12N2O2. The van der Waals surface area contributed by atoms with Crippen LogP contribution in [0.5, 0.6) is 0 Å². The van der Waals surface area contributed by atoms with Gasteiger partial charge in [-0.05, 0) is 29.7 Å². The van der Waals surface area contributed by atoms with Gasteiger partial charge >= 0.3 is 0 Å². The first-order valence-electron chi connectivity index (χ1n) is 5.34. The van der Waals surface area contributed by atoms with Crippen molar-refractivity contribution in [2.45, 2.75) is 6.42 Å². The topological polar surface area (TPSA) is 55.5 Å². The predicted octanol–water partition coefficient (Wildman–Crippen LogP) is 2.90. The summed E-state index contributed by atoms with van der Waals surface area (Å²) in [7, 11) is 0. The van der Waals surface area contributed by atoms with Gasteiger partial charge in [-0.25, -0.2) is 0 Å². The first-order valence-corrected chi connectivity index (χ1v) is 5.34. The lowest BCUT2D eigenvalue weighted by Gasteiger charge is -1.96. The van der Waals surface area contributed by atoms with Crippen LogP contribution in [0.4, 0.5) is 5.69 Å². The minimum atomic E-state index is -0.407. The second-order valence-electron chi connectivity index (χ2n) is 3.78. The van der Waals surface area contributed by atoms with Crippen molar-refractivity contribution in [2.24, 2.45) is 4.99 Å². The molecule has 4 heteroatoms. The molecule has 0 aliphatic heterocycles. The molecule has 0 saturated heterocycles. The van der Waals surface area contributed by atoms with Crippen molar-refractivity contribution in [2.75, 3.05) is 6.54 Å².